The van der Waals surface area contributed by atoms with Crippen molar-refractivity contribution in [3.63, 3.8) is 0 Å². The van der Waals surface area contributed by atoms with Gasteiger partial charge in [-0.15, -0.1) is 0 Å². The van der Waals surface area contributed by atoms with Crippen LogP contribution in [0.3, 0.4) is 0 Å². The summed E-state index contributed by atoms with van der Waals surface area (Å²) in [6, 6.07) is 19.5. The van der Waals surface area contributed by atoms with Crippen molar-refractivity contribution in [2.24, 2.45) is 0 Å². The van der Waals surface area contributed by atoms with Crippen LogP contribution < -0.4 is 10.6 Å². The van der Waals surface area contributed by atoms with Crippen LogP contribution in [0, 0.1) is 6.92 Å². The predicted octanol–water partition coefficient (Wildman–Crippen LogP) is 4.83. The van der Waals surface area contributed by atoms with Crippen molar-refractivity contribution in [2.75, 3.05) is 5.32 Å². The van der Waals surface area contributed by atoms with Gasteiger partial charge in [-0.05, 0) is 42.8 Å². The molecule has 5 heteroatoms. The topological polar surface area (TPSA) is 54.0 Å². The highest BCUT2D eigenvalue weighted by Crippen LogP contribution is 2.20. The molecule has 126 valence electrons. The Balaban J connectivity index is 1.67. The van der Waals surface area contributed by atoms with Crippen LogP contribution >= 0.6 is 15.9 Å². The Kier molecular flexibility index (Phi) is 5.46. The molecule has 0 aliphatic carbocycles. The Hall–Kier alpha value is -2.66. The van der Waals surface area contributed by atoms with E-state index in [1.165, 1.54) is 5.56 Å². The van der Waals surface area contributed by atoms with E-state index in [4.69, 9.17) is 0 Å². The third kappa shape index (κ3) is 4.90. The average molecular weight is 396 g/mol. The van der Waals surface area contributed by atoms with Crippen molar-refractivity contribution in [3.8, 4) is 0 Å². The van der Waals surface area contributed by atoms with E-state index in [0.29, 0.717) is 12.2 Å². The van der Waals surface area contributed by atoms with Gasteiger partial charge in [0.15, 0.2) is 0 Å². The van der Waals surface area contributed by atoms with Gasteiger partial charge in [-0.25, -0.2) is 0 Å². The van der Waals surface area contributed by atoms with Gasteiger partial charge in [-0.1, -0.05) is 51.8 Å². The number of aryl methyl sites for hydroxylation is 1. The van der Waals surface area contributed by atoms with Crippen molar-refractivity contribution in [1.29, 1.82) is 0 Å². The number of amides is 1. The fourth-order valence-corrected chi connectivity index (χ4v) is 2.86. The quantitative estimate of drug-likeness (QED) is 0.650. The molecule has 0 atom stereocenters. The number of carbonyl (C=O) groups is 1. The molecule has 3 aromatic rings. The zero-order chi connectivity index (χ0) is 17.6. The maximum Gasteiger partial charge on any atom is 0.270 e. The Morgan fingerprint density at radius 1 is 1.04 bits per heavy atom. The molecular weight excluding hydrogens is 378 g/mol. The molecule has 0 radical (unpaired) electrons. The lowest BCUT2D eigenvalue weighted by Gasteiger charge is -2.09. The molecule has 1 amide bonds. The van der Waals surface area contributed by atoms with Crippen LogP contribution in [-0.2, 0) is 6.54 Å². The molecule has 0 aliphatic rings. The lowest BCUT2D eigenvalue weighted by atomic mass is 10.1. The predicted molar refractivity (Wildman–Crippen MR) is 104 cm³/mol. The van der Waals surface area contributed by atoms with E-state index in [9.17, 15) is 4.79 Å². The molecule has 0 spiro atoms. The first-order chi connectivity index (χ1) is 12.1. The van der Waals surface area contributed by atoms with Gasteiger partial charge in [0.25, 0.3) is 5.91 Å². The summed E-state index contributed by atoms with van der Waals surface area (Å²) in [6.07, 6.45) is 1.63. The number of nitrogens with one attached hydrogen (secondary N) is 2. The Labute approximate surface area is 155 Å². The molecule has 0 bridgehead atoms. The lowest BCUT2D eigenvalue weighted by Crippen LogP contribution is -2.23. The summed E-state index contributed by atoms with van der Waals surface area (Å²) >= 11 is 3.44. The van der Waals surface area contributed by atoms with E-state index in [1.807, 2.05) is 55.5 Å². The monoisotopic (exact) mass is 395 g/mol. The van der Waals surface area contributed by atoms with E-state index in [1.54, 1.807) is 12.3 Å². The molecule has 0 aliphatic heterocycles. The molecular formula is C20H18BrN3O. The fourth-order valence-electron chi connectivity index (χ4n) is 2.46. The Bertz CT molecular complexity index is 895. The molecule has 25 heavy (non-hydrogen) atoms. The number of anilines is 2. The third-order valence-corrected chi connectivity index (χ3v) is 4.13. The van der Waals surface area contributed by atoms with Crippen LogP contribution in [0.1, 0.15) is 21.6 Å². The maximum absolute atomic E-state index is 12.4. The molecule has 1 aromatic heterocycles. The van der Waals surface area contributed by atoms with Gasteiger partial charge in [0, 0.05) is 28.6 Å². The van der Waals surface area contributed by atoms with Gasteiger partial charge in [0.1, 0.15) is 5.69 Å². The van der Waals surface area contributed by atoms with Gasteiger partial charge in [-0.3, -0.25) is 9.78 Å². The Morgan fingerprint density at radius 2 is 1.84 bits per heavy atom. The van der Waals surface area contributed by atoms with Crippen LogP contribution in [-0.4, -0.2) is 10.9 Å². The highest BCUT2D eigenvalue weighted by Gasteiger charge is 2.08. The maximum atomic E-state index is 12.4. The van der Waals surface area contributed by atoms with Crippen LogP contribution in [0.5, 0.6) is 0 Å². The molecule has 2 aromatic carbocycles. The number of rotatable bonds is 5. The number of benzene rings is 2. The number of hydrogen-bond acceptors (Lipinski definition) is 3. The van der Waals surface area contributed by atoms with Crippen molar-refractivity contribution >= 4 is 33.2 Å². The largest absolute Gasteiger partial charge is 0.355 e. The first-order valence-corrected chi connectivity index (χ1v) is 8.72. The summed E-state index contributed by atoms with van der Waals surface area (Å²) in [5.41, 5.74) is 4.37. The number of hydrogen-bond donors (Lipinski definition) is 2. The minimum absolute atomic E-state index is 0.195. The molecule has 0 saturated carbocycles. The summed E-state index contributed by atoms with van der Waals surface area (Å²) < 4.78 is 0.989. The first-order valence-electron chi connectivity index (χ1n) is 7.92. The van der Waals surface area contributed by atoms with Crippen molar-refractivity contribution in [1.82, 2.24) is 10.3 Å². The van der Waals surface area contributed by atoms with Gasteiger partial charge in [0.05, 0.1) is 0 Å². The second-order valence-corrected chi connectivity index (χ2v) is 6.65. The summed E-state index contributed by atoms with van der Waals surface area (Å²) in [7, 11) is 0. The van der Waals surface area contributed by atoms with Gasteiger partial charge in [-0.2, -0.15) is 0 Å². The fraction of sp³-hybridized carbons (Fsp3) is 0.100. The van der Waals surface area contributed by atoms with Gasteiger partial charge >= 0.3 is 0 Å². The molecule has 0 fully saturated rings. The number of pyridine rings is 1. The number of aromatic nitrogens is 1. The van der Waals surface area contributed by atoms with Crippen LogP contribution in [0.4, 0.5) is 11.4 Å². The molecule has 0 saturated heterocycles. The van der Waals surface area contributed by atoms with Crippen LogP contribution in [0.2, 0.25) is 0 Å². The summed E-state index contributed by atoms with van der Waals surface area (Å²) in [4.78, 5) is 16.5. The van der Waals surface area contributed by atoms with E-state index < -0.39 is 0 Å². The third-order valence-electron chi connectivity index (χ3n) is 3.64. The average Bonchev–Trinajstić information content (AvgIpc) is 2.60. The molecule has 0 unspecified atom stereocenters. The molecule has 3 rings (SSSR count). The zero-order valence-electron chi connectivity index (χ0n) is 13.8. The summed E-state index contributed by atoms with van der Waals surface area (Å²) in [5.74, 6) is -0.195. The van der Waals surface area contributed by atoms with Gasteiger partial charge in [0.2, 0.25) is 0 Å². The van der Waals surface area contributed by atoms with Crippen molar-refractivity contribution in [3.05, 3.63) is 88.2 Å². The minimum atomic E-state index is -0.195. The highest BCUT2D eigenvalue weighted by atomic mass is 79.9. The first kappa shape index (κ1) is 17.2. The Morgan fingerprint density at radius 3 is 2.64 bits per heavy atom. The molecule has 2 N–H and O–H groups in total. The number of halogens is 1. The van der Waals surface area contributed by atoms with Crippen molar-refractivity contribution < 1.29 is 4.79 Å². The van der Waals surface area contributed by atoms with E-state index in [2.05, 4.69) is 37.6 Å². The van der Waals surface area contributed by atoms with E-state index in [-0.39, 0.29) is 5.91 Å². The summed E-state index contributed by atoms with van der Waals surface area (Å²) in [6.45, 7) is 2.51. The second-order valence-electron chi connectivity index (χ2n) is 5.74. The zero-order valence-corrected chi connectivity index (χ0v) is 15.4. The van der Waals surface area contributed by atoms with E-state index in [0.717, 1.165) is 21.4 Å². The number of carbonyl (C=O) groups excluding carboxylic acids is 1. The van der Waals surface area contributed by atoms with Crippen LogP contribution in [0.15, 0.2) is 71.3 Å². The highest BCUT2D eigenvalue weighted by molar-refractivity contribution is 9.10. The lowest BCUT2D eigenvalue weighted by molar-refractivity contribution is 0.0946. The van der Waals surface area contributed by atoms with E-state index >= 15 is 0 Å². The molecule has 4 nitrogen and oxygen atoms in total. The standard InChI is InChI=1S/C20H18BrN3O/c1-14-4-2-5-15(10-14)13-23-20(25)19-12-18(8-9-22-19)24-17-7-3-6-16(21)11-17/h2-12H,13H2,1H3,(H,22,24)(H,23,25). The number of nitrogens with zero attached hydrogens (tertiary/aromatic N) is 1. The van der Waals surface area contributed by atoms with Gasteiger partial charge < -0.3 is 10.6 Å². The normalized spacial score (nSPS) is 10.3. The van der Waals surface area contributed by atoms with Crippen molar-refractivity contribution in [2.45, 2.75) is 13.5 Å². The van der Waals surface area contributed by atoms with Crippen LogP contribution in [0.25, 0.3) is 0 Å². The second kappa shape index (κ2) is 7.94. The smallest absolute Gasteiger partial charge is 0.270 e. The molecule has 1 heterocycles. The minimum Gasteiger partial charge on any atom is -0.355 e. The SMILES string of the molecule is Cc1cccc(CNC(=O)c2cc(Nc3cccc(Br)c3)ccn2)c1. The summed E-state index contributed by atoms with van der Waals surface area (Å²) in [5, 5.41) is 6.18.